The lowest BCUT2D eigenvalue weighted by molar-refractivity contribution is -0.159. The number of rotatable bonds is 7. The van der Waals surface area contributed by atoms with Crippen molar-refractivity contribution < 1.29 is 19.0 Å². The number of benzene rings is 3. The smallest absolute Gasteiger partial charge is 0.307 e. The van der Waals surface area contributed by atoms with Gasteiger partial charge in [0.1, 0.15) is 35.8 Å². The van der Waals surface area contributed by atoms with Crippen LogP contribution >= 0.6 is 0 Å². The van der Waals surface area contributed by atoms with Gasteiger partial charge < -0.3 is 24.5 Å². The SMILES string of the molecule is CC1(C)CC(OC(=O)CC(Cc2ccccc2)(C2=N[C@H]3c4ccccc4C[C@H]3O2)C2=N[C@H]3c4ccccc4C[C@H]3O2)CC(C)(C)N1[O-]. The van der Waals surface area contributed by atoms with Crippen LogP contribution in [0.3, 0.4) is 0 Å². The highest BCUT2D eigenvalue weighted by molar-refractivity contribution is 6.09. The molecule has 3 aliphatic heterocycles. The standard InChI is InChI=1S/C39H42N3O5/c1-37(2)21-27(22-38(3,4)42(37)44)45-32(43)23-39(20-24-12-6-5-7-13-24,35-40-33-28-16-10-8-14-25(28)18-30(33)46-35)36-41-34-29-17-11-9-15-26(29)19-31(34)47-36/h5-17,27,30-31,33-34H,18-23H2,1-4H3/q-1/t30-,31-,33+,34+/m1/s1. The lowest BCUT2D eigenvalue weighted by atomic mass is 9.77. The van der Waals surface area contributed by atoms with E-state index < -0.39 is 22.6 Å². The van der Waals surface area contributed by atoms with Crippen LogP contribution in [0.4, 0.5) is 0 Å². The van der Waals surface area contributed by atoms with Gasteiger partial charge in [-0.3, -0.25) is 4.79 Å². The molecule has 4 atom stereocenters. The Kier molecular flexibility index (Phi) is 7.12. The minimum atomic E-state index is -1.11. The summed E-state index contributed by atoms with van der Waals surface area (Å²) in [7, 11) is 0. The Labute approximate surface area is 276 Å². The molecule has 0 N–H and O–H groups in total. The van der Waals surface area contributed by atoms with Crippen LogP contribution in [0, 0.1) is 10.6 Å². The Morgan fingerprint density at radius 3 is 1.83 bits per heavy atom. The highest BCUT2D eigenvalue weighted by atomic mass is 16.6. The van der Waals surface area contributed by atoms with Crippen LogP contribution in [0.1, 0.15) is 86.9 Å². The lowest BCUT2D eigenvalue weighted by Crippen LogP contribution is -2.59. The average molecular weight is 633 g/mol. The predicted octanol–water partition coefficient (Wildman–Crippen LogP) is 6.86. The fraction of sp³-hybridized carbons (Fsp3) is 0.462. The molecule has 0 radical (unpaired) electrons. The summed E-state index contributed by atoms with van der Waals surface area (Å²) in [6.07, 6.45) is 2.08. The van der Waals surface area contributed by atoms with Gasteiger partial charge in [-0.2, -0.15) is 0 Å². The van der Waals surface area contributed by atoms with E-state index in [-0.39, 0.29) is 36.7 Å². The molecule has 1 saturated heterocycles. The first-order chi connectivity index (χ1) is 22.5. The van der Waals surface area contributed by atoms with Crippen molar-refractivity contribution in [2.24, 2.45) is 15.4 Å². The van der Waals surface area contributed by atoms with Crippen LogP contribution < -0.4 is 0 Å². The van der Waals surface area contributed by atoms with E-state index in [1.165, 1.54) is 11.1 Å². The van der Waals surface area contributed by atoms with Crippen LogP contribution in [-0.4, -0.2) is 52.2 Å². The topological polar surface area (TPSA) is 95.8 Å². The number of fused-ring (bicyclic) bond motifs is 6. The molecule has 0 amide bonds. The number of hydrogen-bond acceptors (Lipinski definition) is 8. The molecule has 2 aliphatic carbocycles. The second-order valence-corrected chi connectivity index (χ2v) is 15.2. The normalized spacial score (nSPS) is 27.1. The largest absolute Gasteiger partial charge is 0.784 e. The van der Waals surface area contributed by atoms with E-state index in [0.29, 0.717) is 31.1 Å². The number of piperidine rings is 1. The summed E-state index contributed by atoms with van der Waals surface area (Å²) in [4.78, 5) is 24.8. The first-order valence-corrected chi connectivity index (χ1v) is 16.9. The van der Waals surface area contributed by atoms with Gasteiger partial charge in [0.2, 0.25) is 11.8 Å². The lowest BCUT2D eigenvalue weighted by Gasteiger charge is -2.59. The second kappa shape index (κ2) is 11.0. The fourth-order valence-electron chi connectivity index (χ4n) is 8.79. The maximum atomic E-state index is 14.3. The first kappa shape index (κ1) is 30.3. The third-order valence-corrected chi connectivity index (χ3v) is 10.8. The zero-order valence-corrected chi connectivity index (χ0v) is 27.5. The molecule has 0 saturated carbocycles. The summed E-state index contributed by atoms with van der Waals surface area (Å²) in [5.74, 6) is 0.610. The van der Waals surface area contributed by atoms with Crippen molar-refractivity contribution in [1.82, 2.24) is 5.06 Å². The molecule has 8 nitrogen and oxygen atoms in total. The molecule has 47 heavy (non-hydrogen) atoms. The van der Waals surface area contributed by atoms with Crippen molar-refractivity contribution in [3.8, 4) is 0 Å². The van der Waals surface area contributed by atoms with Crippen LogP contribution in [0.2, 0.25) is 0 Å². The minimum Gasteiger partial charge on any atom is -0.784 e. The van der Waals surface area contributed by atoms with E-state index in [4.69, 9.17) is 24.2 Å². The molecule has 3 aromatic rings. The Morgan fingerprint density at radius 1 is 0.809 bits per heavy atom. The van der Waals surface area contributed by atoms with Crippen LogP contribution in [0.15, 0.2) is 88.8 Å². The Hall–Kier alpha value is -4.01. The van der Waals surface area contributed by atoms with E-state index in [1.54, 1.807) is 0 Å². The molecule has 5 aliphatic rings. The summed E-state index contributed by atoms with van der Waals surface area (Å²) in [5, 5.41) is 14.2. The molecule has 244 valence electrons. The number of nitrogens with zero attached hydrogens (tertiary/aromatic N) is 3. The predicted molar refractivity (Wildman–Crippen MR) is 180 cm³/mol. The Balaban J connectivity index is 1.20. The zero-order chi connectivity index (χ0) is 32.6. The molecule has 8 rings (SSSR count). The highest BCUT2D eigenvalue weighted by Gasteiger charge is 2.56. The minimum absolute atomic E-state index is 0.0415. The van der Waals surface area contributed by atoms with Gasteiger partial charge in [-0.25, -0.2) is 9.98 Å². The average Bonchev–Trinajstić information content (AvgIpc) is 3.79. The van der Waals surface area contributed by atoms with Crippen LogP contribution in [0.5, 0.6) is 0 Å². The monoisotopic (exact) mass is 632 g/mol. The van der Waals surface area contributed by atoms with Crippen molar-refractivity contribution in [3.05, 3.63) is 112 Å². The van der Waals surface area contributed by atoms with E-state index in [1.807, 2.05) is 58.0 Å². The number of aliphatic imine (C=N–C) groups is 2. The molecular weight excluding hydrogens is 590 g/mol. The van der Waals surface area contributed by atoms with Gasteiger partial charge >= 0.3 is 5.97 Å². The van der Waals surface area contributed by atoms with Crippen molar-refractivity contribution >= 4 is 17.8 Å². The van der Waals surface area contributed by atoms with E-state index in [9.17, 15) is 10.0 Å². The summed E-state index contributed by atoms with van der Waals surface area (Å²) in [5.41, 5.74) is 3.40. The van der Waals surface area contributed by atoms with Crippen molar-refractivity contribution in [1.29, 1.82) is 0 Å². The van der Waals surface area contributed by atoms with Gasteiger partial charge in [-0.1, -0.05) is 78.9 Å². The highest BCUT2D eigenvalue weighted by Crippen LogP contribution is 2.49. The quantitative estimate of drug-likeness (QED) is 0.264. The maximum absolute atomic E-state index is 14.3. The number of carbonyl (C=O) groups excluding carboxylic acids is 1. The third kappa shape index (κ3) is 5.17. The van der Waals surface area contributed by atoms with E-state index in [0.717, 1.165) is 34.6 Å². The molecule has 3 heterocycles. The molecule has 8 heteroatoms. The van der Waals surface area contributed by atoms with Crippen LogP contribution in [-0.2, 0) is 38.3 Å². The zero-order valence-electron chi connectivity index (χ0n) is 27.5. The fourth-order valence-corrected chi connectivity index (χ4v) is 8.79. The maximum Gasteiger partial charge on any atom is 0.307 e. The van der Waals surface area contributed by atoms with Crippen LogP contribution in [0.25, 0.3) is 0 Å². The molecule has 0 bridgehead atoms. The number of esters is 1. The van der Waals surface area contributed by atoms with Gasteiger partial charge in [0.15, 0.2) is 0 Å². The number of carbonyl (C=O) groups is 1. The number of hydrogen-bond donors (Lipinski definition) is 0. The molecule has 0 spiro atoms. The summed E-state index contributed by atoms with van der Waals surface area (Å²) in [6, 6.07) is 26.5. The molecular formula is C39H42N3O5-. The van der Waals surface area contributed by atoms with Gasteiger partial charge in [0, 0.05) is 36.8 Å². The van der Waals surface area contributed by atoms with E-state index >= 15 is 0 Å². The molecule has 0 aromatic heterocycles. The summed E-state index contributed by atoms with van der Waals surface area (Å²) < 4.78 is 19.9. The van der Waals surface area contributed by atoms with E-state index in [2.05, 4.69) is 48.5 Å². The van der Waals surface area contributed by atoms with Gasteiger partial charge in [0.25, 0.3) is 0 Å². The second-order valence-electron chi connectivity index (χ2n) is 15.2. The summed E-state index contributed by atoms with van der Waals surface area (Å²) in [6.45, 7) is 7.65. The molecule has 1 fully saturated rings. The number of hydroxylamine groups is 2. The van der Waals surface area contributed by atoms with Gasteiger partial charge in [0.05, 0.1) is 6.42 Å². The Bertz CT molecular complexity index is 1670. The van der Waals surface area contributed by atoms with Crippen molar-refractivity contribution in [3.63, 3.8) is 0 Å². The number of ether oxygens (including phenoxy) is 3. The summed E-state index contributed by atoms with van der Waals surface area (Å²) >= 11 is 0. The Morgan fingerprint density at radius 2 is 1.30 bits per heavy atom. The van der Waals surface area contributed by atoms with Gasteiger partial charge in [-0.05, 0) is 61.9 Å². The van der Waals surface area contributed by atoms with Crippen molar-refractivity contribution in [2.75, 3.05) is 0 Å². The molecule has 3 aromatic carbocycles. The van der Waals surface area contributed by atoms with Gasteiger partial charge in [-0.15, -0.1) is 0 Å². The first-order valence-electron chi connectivity index (χ1n) is 16.9. The molecule has 0 unspecified atom stereocenters. The van der Waals surface area contributed by atoms with Crippen molar-refractivity contribution in [2.45, 2.75) is 108 Å². The third-order valence-electron chi connectivity index (χ3n) is 10.8.